The van der Waals surface area contributed by atoms with Crippen LogP contribution in [0.3, 0.4) is 0 Å². The van der Waals surface area contributed by atoms with Gasteiger partial charge in [0.25, 0.3) is 0 Å². The maximum Gasteiger partial charge on any atom is 0.143 e. The molecule has 0 spiro atoms. The van der Waals surface area contributed by atoms with Gasteiger partial charge in [0.1, 0.15) is 5.75 Å². The average molecular weight is 463 g/mol. The predicted octanol–water partition coefficient (Wildman–Crippen LogP) is 7.25. The second-order valence-corrected chi connectivity index (χ2v) is 9.77. The monoisotopic (exact) mass is 462 g/mol. The highest BCUT2D eigenvalue weighted by Crippen LogP contribution is 2.48. The molecule has 0 saturated heterocycles. The number of ether oxygens (including phenoxy) is 1. The highest BCUT2D eigenvalue weighted by Gasteiger charge is 2.45. The lowest BCUT2D eigenvalue weighted by atomic mass is 9.67. The van der Waals surface area contributed by atoms with Crippen molar-refractivity contribution in [3.63, 3.8) is 0 Å². The SMILES string of the molecule is CCCC1CC(c2ccc(Cl)cc2)(N(C)C)CCC1N(CC)c1ccc(Cl)cc1OC. The molecule has 0 bridgehead atoms. The Bertz CT molecular complexity index is 855. The van der Waals surface area contributed by atoms with E-state index in [4.69, 9.17) is 27.9 Å². The number of benzene rings is 2. The van der Waals surface area contributed by atoms with Crippen molar-refractivity contribution in [3.05, 3.63) is 58.1 Å². The van der Waals surface area contributed by atoms with Gasteiger partial charge in [0.2, 0.25) is 0 Å². The number of nitrogens with zero attached hydrogens (tertiary/aromatic N) is 2. The minimum Gasteiger partial charge on any atom is -0.495 e. The Morgan fingerprint density at radius 1 is 1.03 bits per heavy atom. The fourth-order valence-corrected chi connectivity index (χ4v) is 5.82. The van der Waals surface area contributed by atoms with E-state index in [1.54, 1.807) is 7.11 Å². The van der Waals surface area contributed by atoms with Crippen LogP contribution in [0.15, 0.2) is 42.5 Å². The molecule has 0 aliphatic heterocycles. The third-order valence-electron chi connectivity index (χ3n) is 7.09. The van der Waals surface area contributed by atoms with E-state index in [0.717, 1.165) is 42.3 Å². The van der Waals surface area contributed by atoms with Crippen LogP contribution in [0.1, 0.15) is 51.5 Å². The fourth-order valence-electron chi connectivity index (χ4n) is 5.53. The summed E-state index contributed by atoms with van der Waals surface area (Å²) in [6.45, 7) is 5.48. The normalized spacial score (nSPS) is 23.7. The summed E-state index contributed by atoms with van der Waals surface area (Å²) in [5.41, 5.74) is 2.54. The zero-order valence-corrected chi connectivity index (χ0v) is 21.0. The van der Waals surface area contributed by atoms with E-state index in [1.807, 2.05) is 24.3 Å². The van der Waals surface area contributed by atoms with Gasteiger partial charge < -0.3 is 9.64 Å². The van der Waals surface area contributed by atoms with Crippen LogP contribution in [0.5, 0.6) is 5.75 Å². The quantitative estimate of drug-likeness (QED) is 0.410. The van der Waals surface area contributed by atoms with Crippen molar-refractivity contribution < 1.29 is 4.74 Å². The lowest BCUT2D eigenvalue weighted by Gasteiger charge is -2.52. The number of halogens is 2. The summed E-state index contributed by atoms with van der Waals surface area (Å²) in [7, 11) is 6.17. The molecule has 1 saturated carbocycles. The van der Waals surface area contributed by atoms with Gasteiger partial charge in [0.15, 0.2) is 0 Å². The molecule has 3 nitrogen and oxygen atoms in total. The van der Waals surface area contributed by atoms with Gasteiger partial charge in [-0.1, -0.05) is 48.7 Å². The standard InChI is InChI=1S/C26H36Cl2N2O/c1-6-8-19-18-26(29(3)4,20-9-11-21(27)12-10-20)16-15-23(19)30(7-2)24-14-13-22(28)17-25(24)31-5/h9-14,17,19,23H,6-8,15-16,18H2,1-5H3. The molecule has 1 fully saturated rings. The summed E-state index contributed by atoms with van der Waals surface area (Å²) < 4.78 is 5.71. The number of anilines is 1. The van der Waals surface area contributed by atoms with Gasteiger partial charge in [-0.05, 0) is 82.4 Å². The first-order chi connectivity index (χ1) is 14.9. The van der Waals surface area contributed by atoms with Crippen molar-refractivity contribution in [2.45, 2.75) is 57.5 Å². The molecule has 0 amide bonds. The highest BCUT2D eigenvalue weighted by molar-refractivity contribution is 6.31. The van der Waals surface area contributed by atoms with Crippen LogP contribution in [0.2, 0.25) is 10.0 Å². The number of methoxy groups -OCH3 is 1. The topological polar surface area (TPSA) is 15.7 Å². The molecular weight excluding hydrogens is 427 g/mol. The third-order valence-corrected chi connectivity index (χ3v) is 7.57. The number of rotatable bonds is 8. The summed E-state index contributed by atoms with van der Waals surface area (Å²) in [5.74, 6) is 1.43. The Balaban J connectivity index is 1.97. The molecule has 3 unspecified atom stereocenters. The lowest BCUT2D eigenvalue weighted by molar-refractivity contribution is 0.0537. The molecular formula is C26H36Cl2N2O. The molecule has 3 rings (SSSR count). The molecule has 0 radical (unpaired) electrons. The van der Waals surface area contributed by atoms with E-state index in [-0.39, 0.29) is 5.54 Å². The van der Waals surface area contributed by atoms with Crippen molar-refractivity contribution in [2.24, 2.45) is 5.92 Å². The van der Waals surface area contributed by atoms with Gasteiger partial charge in [-0.2, -0.15) is 0 Å². The van der Waals surface area contributed by atoms with Crippen LogP contribution >= 0.6 is 23.2 Å². The van der Waals surface area contributed by atoms with Gasteiger partial charge in [-0.15, -0.1) is 0 Å². The van der Waals surface area contributed by atoms with E-state index in [0.29, 0.717) is 17.0 Å². The largest absolute Gasteiger partial charge is 0.495 e. The molecule has 31 heavy (non-hydrogen) atoms. The minimum absolute atomic E-state index is 0.0322. The van der Waals surface area contributed by atoms with E-state index in [1.165, 1.54) is 18.4 Å². The van der Waals surface area contributed by atoms with E-state index >= 15 is 0 Å². The second kappa shape index (κ2) is 10.5. The molecule has 2 aromatic rings. The third kappa shape index (κ3) is 4.99. The molecule has 0 aromatic heterocycles. The van der Waals surface area contributed by atoms with Gasteiger partial charge >= 0.3 is 0 Å². The van der Waals surface area contributed by atoms with Crippen molar-refractivity contribution in [1.29, 1.82) is 0 Å². The van der Waals surface area contributed by atoms with E-state index in [2.05, 4.69) is 55.9 Å². The average Bonchev–Trinajstić information content (AvgIpc) is 2.76. The van der Waals surface area contributed by atoms with Gasteiger partial charge in [-0.25, -0.2) is 0 Å². The zero-order chi connectivity index (χ0) is 22.6. The first kappa shape index (κ1) is 24.2. The Morgan fingerprint density at radius 2 is 1.71 bits per heavy atom. The Kier molecular flexibility index (Phi) is 8.18. The van der Waals surface area contributed by atoms with Crippen molar-refractivity contribution in [1.82, 2.24) is 4.90 Å². The summed E-state index contributed by atoms with van der Waals surface area (Å²) in [4.78, 5) is 4.96. The van der Waals surface area contributed by atoms with E-state index < -0.39 is 0 Å². The molecule has 3 atom stereocenters. The second-order valence-electron chi connectivity index (χ2n) is 8.89. The molecule has 0 heterocycles. The van der Waals surface area contributed by atoms with E-state index in [9.17, 15) is 0 Å². The highest BCUT2D eigenvalue weighted by atomic mass is 35.5. The molecule has 5 heteroatoms. The summed E-state index contributed by atoms with van der Waals surface area (Å²) >= 11 is 12.4. The molecule has 1 aliphatic carbocycles. The smallest absolute Gasteiger partial charge is 0.143 e. The van der Waals surface area contributed by atoms with Crippen molar-refractivity contribution >= 4 is 28.9 Å². The fraction of sp³-hybridized carbons (Fsp3) is 0.538. The number of hydrogen-bond acceptors (Lipinski definition) is 3. The summed E-state index contributed by atoms with van der Waals surface area (Å²) in [6.07, 6.45) is 5.76. The van der Waals surface area contributed by atoms with Crippen LogP contribution in [-0.4, -0.2) is 38.7 Å². The van der Waals surface area contributed by atoms with Crippen LogP contribution < -0.4 is 9.64 Å². The molecule has 2 aromatic carbocycles. The molecule has 1 aliphatic rings. The Morgan fingerprint density at radius 3 is 2.29 bits per heavy atom. The Hall–Kier alpha value is -1.42. The predicted molar refractivity (Wildman–Crippen MR) is 134 cm³/mol. The first-order valence-electron chi connectivity index (χ1n) is 11.4. The van der Waals surface area contributed by atoms with Crippen molar-refractivity contribution in [2.75, 3.05) is 32.6 Å². The lowest BCUT2D eigenvalue weighted by Crippen LogP contribution is -2.53. The summed E-state index contributed by atoms with van der Waals surface area (Å²) in [5, 5.41) is 1.50. The summed E-state index contributed by atoms with van der Waals surface area (Å²) in [6, 6.07) is 15.0. The van der Waals surface area contributed by atoms with Gasteiger partial charge in [-0.3, -0.25) is 4.90 Å². The minimum atomic E-state index is 0.0322. The number of hydrogen-bond donors (Lipinski definition) is 0. The zero-order valence-electron chi connectivity index (χ0n) is 19.5. The van der Waals surface area contributed by atoms with Crippen LogP contribution in [0.4, 0.5) is 5.69 Å². The molecule has 170 valence electrons. The van der Waals surface area contributed by atoms with Gasteiger partial charge in [0.05, 0.1) is 12.8 Å². The van der Waals surface area contributed by atoms with Crippen LogP contribution in [0.25, 0.3) is 0 Å². The first-order valence-corrected chi connectivity index (χ1v) is 12.2. The van der Waals surface area contributed by atoms with Crippen LogP contribution in [0, 0.1) is 5.92 Å². The maximum absolute atomic E-state index is 6.25. The van der Waals surface area contributed by atoms with Crippen molar-refractivity contribution in [3.8, 4) is 5.75 Å². The maximum atomic E-state index is 6.25. The van der Waals surface area contributed by atoms with Gasteiger partial charge in [0, 0.05) is 34.2 Å². The molecule has 0 N–H and O–H groups in total. The van der Waals surface area contributed by atoms with Crippen LogP contribution in [-0.2, 0) is 5.54 Å². The Labute approximate surface area is 198 Å².